The van der Waals surface area contributed by atoms with Crippen LogP contribution in [0.2, 0.25) is 0 Å². The average molecular weight is 342 g/mol. The molecule has 1 aliphatic carbocycles. The lowest BCUT2D eigenvalue weighted by Crippen LogP contribution is -2.55. The summed E-state index contributed by atoms with van der Waals surface area (Å²) in [4.78, 5) is 33.1. The van der Waals surface area contributed by atoms with Crippen LogP contribution >= 0.6 is 0 Å². The zero-order chi connectivity index (χ0) is 17.4. The number of anilines is 1. The summed E-state index contributed by atoms with van der Waals surface area (Å²) in [6, 6.07) is 3.37. The predicted octanol–water partition coefficient (Wildman–Crippen LogP) is 1.92. The number of rotatable bonds is 3. The second-order valence-electron chi connectivity index (χ2n) is 8.02. The first kappa shape index (κ1) is 16.4. The monoisotopic (exact) mass is 342 g/mol. The molecule has 134 valence electrons. The number of piperidine rings is 2. The average Bonchev–Trinajstić information content (AvgIpc) is 3.42. The third kappa shape index (κ3) is 3.48. The summed E-state index contributed by atoms with van der Waals surface area (Å²) in [5.41, 5.74) is 6.39. The van der Waals surface area contributed by atoms with Crippen molar-refractivity contribution in [3.8, 4) is 0 Å². The van der Waals surface area contributed by atoms with Gasteiger partial charge >= 0.3 is 0 Å². The van der Waals surface area contributed by atoms with Crippen molar-refractivity contribution in [3.63, 3.8) is 0 Å². The van der Waals surface area contributed by atoms with Crippen molar-refractivity contribution < 1.29 is 9.59 Å². The van der Waals surface area contributed by atoms with Gasteiger partial charge in [-0.15, -0.1) is 0 Å². The van der Waals surface area contributed by atoms with Gasteiger partial charge in [0.1, 0.15) is 5.82 Å². The van der Waals surface area contributed by atoms with Crippen molar-refractivity contribution in [3.05, 3.63) is 23.9 Å². The molecule has 1 unspecified atom stereocenters. The molecule has 3 fully saturated rings. The third-order valence-electron chi connectivity index (χ3n) is 5.90. The summed E-state index contributed by atoms with van der Waals surface area (Å²) in [5, 5.41) is 0. The molecular formula is C19H26N4O2. The molecule has 2 aliphatic heterocycles. The van der Waals surface area contributed by atoms with Crippen LogP contribution < -0.4 is 5.73 Å². The van der Waals surface area contributed by atoms with E-state index in [1.54, 1.807) is 18.3 Å². The molecule has 1 saturated carbocycles. The SMILES string of the molecule is Nc1cc(C(=O)N2CCCC3(CCC(=O)N(CC4CC4)C3)C2)ccn1. The maximum absolute atomic E-state index is 12.9. The van der Waals surface area contributed by atoms with Gasteiger partial charge in [0, 0.05) is 49.8 Å². The van der Waals surface area contributed by atoms with Crippen molar-refractivity contribution >= 4 is 17.6 Å². The summed E-state index contributed by atoms with van der Waals surface area (Å²) in [6.07, 6.45) is 7.71. The van der Waals surface area contributed by atoms with Crippen molar-refractivity contribution in [2.45, 2.75) is 38.5 Å². The van der Waals surface area contributed by atoms with Gasteiger partial charge in [0.2, 0.25) is 5.91 Å². The first-order chi connectivity index (χ1) is 12.0. The Hall–Kier alpha value is -2.11. The number of nitrogens with zero attached hydrogens (tertiary/aromatic N) is 3. The molecular weight excluding hydrogens is 316 g/mol. The quantitative estimate of drug-likeness (QED) is 0.910. The Morgan fingerprint density at radius 1 is 1.32 bits per heavy atom. The number of aromatic nitrogens is 1. The molecule has 3 heterocycles. The smallest absolute Gasteiger partial charge is 0.254 e. The lowest BCUT2D eigenvalue weighted by atomic mass is 9.73. The lowest BCUT2D eigenvalue weighted by molar-refractivity contribution is -0.139. The fourth-order valence-electron chi connectivity index (χ4n) is 4.36. The predicted molar refractivity (Wildman–Crippen MR) is 94.8 cm³/mol. The molecule has 4 rings (SSSR count). The lowest BCUT2D eigenvalue weighted by Gasteiger charge is -2.48. The third-order valence-corrected chi connectivity index (χ3v) is 5.90. The van der Waals surface area contributed by atoms with E-state index in [-0.39, 0.29) is 11.3 Å². The first-order valence-corrected chi connectivity index (χ1v) is 9.33. The van der Waals surface area contributed by atoms with E-state index >= 15 is 0 Å². The number of carbonyl (C=O) groups excluding carboxylic acids is 2. The zero-order valence-corrected chi connectivity index (χ0v) is 14.6. The molecule has 0 radical (unpaired) electrons. The molecule has 25 heavy (non-hydrogen) atoms. The van der Waals surface area contributed by atoms with E-state index in [0.717, 1.165) is 45.4 Å². The minimum Gasteiger partial charge on any atom is -0.384 e. The molecule has 3 aliphatic rings. The zero-order valence-electron chi connectivity index (χ0n) is 14.6. The van der Waals surface area contributed by atoms with E-state index in [1.807, 2.05) is 4.90 Å². The molecule has 2 saturated heterocycles. The number of hydrogen-bond donors (Lipinski definition) is 1. The second kappa shape index (κ2) is 6.32. The maximum atomic E-state index is 12.9. The Bertz CT molecular complexity index is 688. The van der Waals surface area contributed by atoms with E-state index < -0.39 is 0 Å². The van der Waals surface area contributed by atoms with Crippen molar-refractivity contribution in [2.75, 3.05) is 31.9 Å². The van der Waals surface area contributed by atoms with E-state index in [9.17, 15) is 9.59 Å². The Labute approximate surface area is 148 Å². The summed E-state index contributed by atoms with van der Waals surface area (Å²) in [6.45, 7) is 3.24. The standard InChI is InChI=1S/C19H26N4O2/c20-16-10-15(5-8-21-16)18(25)22-9-1-6-19(12-22)7-4-17(24)23(13-19)11-14-2-3-14/h5,8,10,14H,1-4,6-7,9,11-13H2,(H2,20,21). The van der Waals surface area contributed by atoms with Gasteiger partial charge in [0.05, 0.1) is 0 Å². The van der Waals surface area contributed by atoms with E-state index in [4.69, 9.17) is 5.73 Å². The molecule has 1 atom stereocenters. The minimum absolute atomic E-state index is 0.0267. The van der Waals surface area contributed by atoms with Gasteiger partial charge in [-0.3, -0.25) is 9.59 Å². The van der Waals surface area contributed by atoms with Crippen molar-refractivity contribution in [2.24, 2.45) is 11.3 Å². The van der Waals surface area contributed by atoms with Gasteiger partial charge in [-0.05, 0) is 50.2 Å². The molecule has 0 aromatic carbocycles. The van der Waals surface area contributed by atoms with Crippen LogP contribution in [0.5, 0.6) is 0 Å². The van der Waals surface area contributed by atoms with Crippen LogP contribution in [0.3, 0.4) is 0 Å². The molecule has 1 spiro atoms. The minimum atomic E-state index is 0.0267. The molecule has 1 aromatic rings. The van der Waals surface area contributed by atoms with E-state index in [1.165, 1.54) is 12.8 Å². The molecule has 2 N–H and O–H groups in total. The Morgan fingerprint density at radius 2 is 2.16 bits per heavy atom. The topological polar surface area (TPSA) is 79.5 Å². The Balaban J connectivity index is 1.48. The van der Waals surface area contributed by atoms with Gasteiger partial charge in [-0.25, -0.2) is 4.98 Å². The van der Waals surface area contributed by atoms with Crippen LogP contribution in [0.4, 0.5) is 5.82 Å². The van der Waals surface area contributed by atoms with Crippen LogP contribution in [0.1, 0.15) is 48.9 Å². The molecule has 0 bridgehead atoms. The van der Waals surface area contributed by atoms with Crippen LogP contribution in [-0.2, 0) is 4.79 Å². The largest absolute Gasteiger partial charge is 0.384 e. The number of nitrogens with two attached hydrogens (primary N) is 1. The second-order valence-corrected chi connectivity index (χ2v) is 8.02. The summed E-state index contributed by atoms with van der Waals surface area (Å²) in [5.74, 6) is 1.40. The summed E-state index contributed by atoms with van der Waals surface area (Å²) < 4.78 is 0. The highest BCUT2D eigenvalue weighted by Crippen LogP contribution is 2.41. The van der Waals surface area contributed by atoms with Crippen LogP contribution in [0, 0.1) is 11.3 Å². The summed E-state index contributed by atoms with van der Waals surface area (Å²) in [7, 11) is 0. The first-order valence-electron chi connectivity index (χ1n) is 9.33. The fraction of sp³-hybridized carbons (Fsp3) is 0.632. The normalized spacial score (nSPS) is 27.0. The number of hydrogen-bond acceptors (Lipinski definition) is 4. The van der Waals surface area contributed by atoms with Crippen LogP contribution in [0.25, 0.3) is 0 Å². The van der Waals surface area contributed by atoms with Gasteiger partial charge in [0.15, 0.2) is 0 Å². The number of likely N-dealkylation sites (tertiary alicyclic amines) is 2. The van der Waals surface area contributed by atoms with Gasteiger partial charge in [0.25, 0.3) is 5.91 Å². The number of carbonyl (C=O) groups is 2. The highest BCUT2D eigenvalue weighted by Gasteiger charge is 2.43. The number of nitrogen functional groups attached to an aromatic ring is 1. The van der Waals surface area contributed by atoms with Crippen LogP contribution in [0.15, 0.2) is 18.3 Å². The Kier molecular flexibility index (Phi) is 4.13. The maximum Gasteiger partial charge on any atom is 0.254 e. The van der Waals surface area contributed by atoms with Crippen LogP contribution in [-0.4, -0.2) is 52.8 Å². The number of pyridine rings is 1. The van der Waals surface area contributed by atoms with Gasteiger partial charge < -0.3 is 15.5 Å². The van der Waals surface area contributed by atoms with Gasteiger partial charge in [-0.2, -0.15) is 0 Å². The van der Waals surface area contributed by atoms with E-state index in [2.05, 4.69) is 9.88 Å². The highest BCUT2D eigenvalue weighted by molar-refractivity contribution is 5.94. The summed E-state index contributed by atoms with van der Waals surface area (Å²) >= 11 is 0. The molecule has 2 amide bonds. The molecule has 6 heteroatoms. The Morgan fingerprint density at radius 3 is 2.92 bits per heavy atom. The highest BCUT2D eigenvalue weighted by atomic mass is 16.2. The van der Waals surface area contributed by atoms with E-state index in [0.29, 0.717) is 29.6 Å². The fourth-order valence-corrected chi connectivity index (χ4v) is 4.36. The van der Waals surface area contributed by atoms with Crippen molar-refractivity contribution in [1.82, 2.24) is 14.8 Å². The molecule has 6 nitrogen and oxygen atoms in total. The van der Waals surface area contributed by atoms with Gasteiger partial charge in [-0.1, -0.05) is 0 Å². The van der Waals surface area contributed by atoms with Crippen molar-refractivity contribution in [1.29, 1.82) is 0 Å². The molecule has 1 aromatic heterocycles. The number of amides is 2.